The molecule has 15 heavy (non-hydrogen) atoms. The topological polar surface area (TPSA) is 0 Å². The van der Waals surface area contributed by atoms with Crippen LogP contribution in [-0.4, -0.2) is 0 Å². The van der Waals surface area contributed by atoms with Crippen LogP contribution in [0.4, 0.5) is 0 Å². The quantitative estimate of drug-likeness (QED) is 0.621. The van der Waals surface area contributed by atoms with E-state index < -0.39 is 0 Å². The molecule has 0 heterocycles. The Morgan fingerprint density at radius 1 is 1.33 bits per heavy atom. The number of hydrogen-bond acceptors (Lipinski definition) is 0. The van der Waals surface area contributed by atoms with Gasteiger partial charge in [0, 0.05) is 5.92 Å². The smallest absolute Gasteiger partial charge is 0.00874 e. The second-order valence-electron chi connectivity index (χ2n) is 4.40. The summed E-state index contributed by atoms with van der Waals surface area (Å²) in [5.74, 6) is 1.16. The molecule has 78 valence electrons. The van der Waals surface area contributed by atoms with Gasteiger partial charge in [0.15, 0.2) is 0 Å². The van der Waals surface area contributed by atoms with E-state index in [0.29, 0.717) is 11.8 Å². The minimum Gasteiger partial charge on any atom is -0.0914 e. The summed E-state index contributed by atoms with van der Waals surface area (Å²) in [6, 6.07) is 6.75. The zero-order valence-corrected chi connectivity index (χ0v) is 9.70. The molecule has 2 unspecified atom stereocenters. The van der Waals surface area contributed by atoms with Crippen molar-refractivity contribution in [3.05, 3.63) is 53.1 Å². The van der Waals surface area contributed by atoms with Gasteiger partial charge in [-0.05, 0) is 30.9 Å². The van der Waals surface area contributed by atoms with Crippen molar-refractivity contribution in [3.8, 4) is 0 Å². The molecule has 0 spiro atoms. The van der Waals surface area contributed by atoms with Crippen LogP contribution in [0.15, 0.2) is 36.4 Å². The van der Waals surface area contributed by atoms with Crippen LogP contribution >= 0.6 is 0 Å². The largest absolute Gasteiger partial charge is 0.0914 e. The molecular formula is C15H18. The van der Waals surface area contributed by atoms with Crippen molar-refractivity contribution in [2.45, 2.75) is 26.7 Å². The Balaban J connectivity index is 2.33. The van der Waals surface area contributed by atoms with Gasteiger partial charge in [-0.3, -0.25) is 0 Å². The summed E-state index contributed by atoms with van der Waals surface area (Å²) in [5.41, 5.74) is 4.22. The SMILES string of the molecule is C/C=C\C(C)C1C=Cc2cc(C)ccc21. The van der Waals surface area contributed by atoms with Gasteiger partial charge < -0.3 is 0 Å². The molecule has 0 heteroatoms. The maximum Gasteiger partial charge on any atom is 0.00874 e. The van der Waals surface area contributed by atoms with Crippen LogP contribution in [0.3, 0.4) is 0 Å². The van der Waals surface area contributed by atoms with E-state index in [-0.39, 0.29) is 0 Å². The van der Waals surface area contributed by atoms with Gasteiger partial charge in [-0.1, -0.05) is 55.0 Å². The van der Waals surface area contributed by atoms with E-state index in [0.717, 1.165) is 0 Å². The van der Waals surface area contributed by atoms with Crippen molar-refractivity contribution in [3.63, 3.8) is 0 Å². The fourth-order valence-corrected chi connectivity index (χ4v) is 2.33. The van der Waals surface area contributed by atoms with Crippen molar-refractivity contribution >= 4 is 6.08 Å². The Bertz CT molecular complexity index is 410. The molecule has 1 aromatic rings. The molecule has 0 nitrogen and oxygen atoms in total. The monoisotopic (exact) mass is 198 g/mol. The zero-order chi connectivity index (χ0) is 10.8. The fraction of sp³-hybridized carbons (Fsp3) is 0.333. The maximum absolute atomic E-state index is 2.33. The number of benzene rings is 1. The molecule has 2 atom stereocenters. The normalized spacial score (nSPS) is 20.9. The molecule has 0 saturated heterocycles. The third-order valence-corrected chi connectivity index (χ3v) is 3.15. The molecule has 0 N–H and O–H groups in total. The Hall–Kier alpha value is -1.30. The van der Waals surface area contributed by atoms with Crippen LogP contribution in [0, 0.1) is 12.8 Å². The minimum atomic E-state index is 0.566. The lowest BCUT2D eigenvalue weighted by atomic mass is 9.88. The van der Waals surface area contributed by atoms with E-state index in [9.17, 15) is 0 Å². The molecule has 1 aromatic carbocycles. The molecule has 0 aromatic heterocycles. The van der Waals surface area contributed by atoms with Gasteiger partial charge in [-0.25, -0.2) is 0 Å². The summed E-state index contributed by atoms with van der Waals surface area (Å²) >= 11 is 0. The van der Waals surface area contributed by atoms with Crippen LogP contribution in [0.2, 0.25) is 0 Å². The molecule has 0 aliphatic heterocycles. The predicted molar refractivity (Wildman–Crippen MR) is 66.9 cm³/mol. The highest BCUT2D eigenvalue weighted by atomic mass is 14.2. The van der Waals surface area contributed by atoms with Gasteiger partial charge >= 0.3 is 0 Å². The highest BCUT2D eigenvalue weighted by Crippen LogP contribution is 2.36. The Morgan fingerprint density at radius 2 is 2.13 bits per heavy atom. The highest BCUT2D eigenvalue weighted by Gasteiger charge is 2.20. The zero-order valence-electron chi connectivity index (χ0n) is 9.70. The van der Waals surface area contributed by atoms with Gasteiger partial charge in [0.2, 0.25) is 0 Å². The summed E-state index contributed by atoms with van der Waals surface area (Å²) in [5, 5.41) is 0. The molecule has 2 rings (SSSR count). The number of rotatable bonds is 2. The minimum absolute atomic E-state index is 0.566. The number of fused-ring (bicyclic) bond motifs is 1. The van der Waals surface area contributed by atoms with Crippen molar-refractivity contribution < 1.29 is 0 Å². The summed E-state index contributed by atoms with van der Waals surface area (Å²) in [6.07, 6.45) is 9.01. The first-order valence-corrected chi connectivity index (χ1v) is 5.64. The van der Waals surface area contributed by atoms with Crippen molar-refractivity contribution in [2.75, 3.05) is 0 Å². The Morgan fingerprint density at radius 3 is 2.87 bits per heavy atom. The first-order valence-electron chi connectivity index (χ1n) is 5.64. The average molecular weight is 198 g/mol. The molecule has 0 bridgehead atoms. The third-order valence-electron chi connectivity index (χ3n) is 3.15. The van der Waals surface area contributed by atoms with Crippen molar-refractivity contribution in [1.29, 1.82) is 0 Å². The molecular weight excluding hydrogens is 180 g/mol. The van der Waals surface area contributed by atoms with E-state index in [1.165, 1.54) is 16.7 Å². The number of hydrogen-bond donors (Lipinski definition) is 0. The maximum atomic E-state index is 2.33. The summed E-state index contributed by atoms with van der Waals surface area (Å²) in [6.45, 7) is 6.52. The Labute approximate surface area is 92.3 Å². The van der Waals surface area contributed by atoms with Crippen LogP contribution in [-0.2, 0) is 0 Å². The van der Waals surface area contributed by atoms with Crippen LogP contribution in [0.5, 0.6) is 0 Å². The van der Waals surface area contributed by atoms with Gasteiger partial charge in [-0.2, -0.15) is 0 Å². The van der Waals surface area contributed by atoms with E-state index in [1.54, 1.807) is 0 Å². The highest BCUT2D eigenvalue weighted by molar-refractivity contribution is 5.63. The summed E-state index contributed by atoms with van der Waals surface area (Å²) in [7, 11) is 0. The molecule has 1 aliphatic rings. The molecule has 0 amide bonds. The van der Waals surface area contributed by atoms with Crippen molar-refractivity contribution in [1.82, 2.24) is 0 Å². The number of aryl methyl sites for hydroxylation is 1. The van der Waals surface area contributed by atoms with Gasteiger partial charge in [-0.15, -0.1) is 0 Å². The second-order valence-corrected chi connectivity index (χ2v) is 4.40. The molecule has 0 fully saturated rings. The van der Waals surface area contributed by atoms with E-state index >= 15 is 0 Å². The van der Waals surface area contributed by atoms with E-state index in [2.05, 4.69) is 63.3 Å². The first-order chi connectivity index (χ1) is 7.22. The van der Waals surface area contributed by atoms with Crippen LogP contribution in [0.25, 0.3) is 6.08 Å². The second kappa shape index (κ2) is 4.06. The van der Waals surface area contributed by atoms with Crippen LogP contribution in [0.1, 0.15) is 36.5 Å². The van der Waals surface area contributed by atoms with Crippen molar-refractivity contribution in [2.24, 2.45) is 5.92 Å². The number of allylic oxidation sites excluding steroid dienone is 3. The van der Waals surface area contributed by atoms with Gasteiger partial charge in [0.25, 0.3) is 0 Å². The molecule has 1 aliphatic carbocycles. The van der Waals surface area contributed by atoms with E-state index in [1.807, 2.05) is 0 Å². The lowest BCUT2D eigenvalue weighted by molar-refractivity contribution is 0.649. The molecule has 0 saturated carbocycles. The van der Waals surface area contributed by atoms with Gasteiger partial charge in [0.05, 0.1) is 0 Å². The lowest BCUT2D eigenvalue weighted by Crippen LogP contribution is -2.03. The summed E-state index contributed by atoms with van der Waals surface area (Å²) in [4.78, 5) is 0. The first kappa shape index (κ1) is 10.2. The van der Waals surface area contributed by atoms with Gasteiger partial charge in [0.1, 0.15) is 0 Å². The average Bonchev–Trinajstić information content (AvgIpc) is 2.60. The molecule has 0 radical (unpaired) electrons. The van der Waals surface area contributed by atoms with E-state index in [4.69, 9.17) is 0 Å². The third kappa shape index (κ3) is 1.90. The van der Waals surface area contributed by atoms with Crippen LogP contribution < -0.4 is 0 Å². The predicted octanol–water partition coefficient (Wildman–Crippen LogP) is 4.32. The summed E-state index contributed by atoms with van der Waals surface area (Å²) < 4.78 is 0. The lowest BCUT2D eigenvalue weighted by Gasteiger charge is -2.16. The fourth-order valence-electron chi connectivity index (χ4n) is 2.33. The Kier molecular flexibility index (Phi) is 2.77. The standard InChI is InChI=1S/C15H18/c1-4-5-12(3)14-9-7-13-10-11(2)6-8-15(13)14/h4-10,12,14H,1-3H3/b5-4-.